The van der Waals surface area contributed by atoms with Crippen LogP contribution in [0.4, 0.5) is 0 Å². The van der Waals surface area contributed by atoms with Crippen molar-refractivity contribution in [3.05, 3.63) is 35.4 Å². The highest BCUT2D eigenvalue weighted by atomic mass is 27.0. The Kier molecular flexibility index (Phi) is 4.65. The van der Waals surface area contributed by atoms with Gasteiger partial charge in [-0.3, -0.25) is 0 Å². The molecular weight excluding hydrogens is 167 g/mol. The van der Waals surface area contributed by atoms with Crippen LogP contribution in [0.2, 0.25) is 0 Å². The van der Waals surface area contributed by atoms with Gasteiger partial charge >= 0.3 is 5.97 Å². The predicted molar refractivity (Wildman–Crippen MR) is 48.5 cm³/mol. The Morgan fingerprint density at radius 3 is 2.67 bits per heavy atom. The minimum Gasteiger partial charge on any atom is -0.478 e. The Bertz CT molecular complexity index is 271. The molecule has 2 nitrogen and oxygen atoms in total. The monoisotopic (exact) mass is 177 g/mol. The number of aromatic carboxylic acids is 1. The van der Waals surface area contributed by atoms with Gasteiger partial charge in [0.2, 0.25) is 0 Å². The quantitative estimate of drug-likeness (QED) is 0.696. The summed E-state index contributed by atoms with van der Waals surface area (Å²) < 4.78 is 0. The SMILES string of the molecule is CCc1cccc(C(=O)O)c1.[Al]. The second-order valence-electron chi connectivity index (χ2n) is 2.36. The molecule has 61 valence electrons. The van der Waals surface area contributed by atoms with Gasteiger partial charge in [-0.25, -0.2) is 4.79 Å². The molecule has 0 aromatic heterocycles. The highest BCUT2D eigenvalue weighted by Crippen LogP contribution is 2.05. The molecule has 12 heavy (non-hydrogen) atoms. The van der Waals surface area contributed by atoms with Crippen molar-refractivity contribution in [3.8, 4) is 0 Å². The number of hydrogen-bond donors (Lipinski definition) is 1. The van der Waals surface area contributed by atoms with E-state index in [1.54, 1.807) is 18.2 Å². The van der Waals surface area contributed by atoms with Crippen molar-refractivity contribution in [2.24, 2.45) is 0 Å². The number of carbonyl (C=O) groups is 1. The van der Waals surface area contributed by atoms with Crippen molar-refractivity contribution >= 4 is 23.3 Å². The topological polar surface area (TPSA) is 37.3 Å². The number of hydrogen-bond acceptors (Lipinski definition) is 1. The van der Waals surface area contributed by atoms with Crippen molar-refractivity contribution in [2.45, 2.75) is 13.3 Å². The molecule has 0 atom stereocenters. The molecule has 3 radical (unpaired) electrons. The van der Waals surface area contributed by atoms with E-state index >= 15 is 0 Å². The molecule has 0 bridgehead atoms. The average molecular weight is 177 g/mol. The van der Waals surface area contributed by atoms with Gasteiger partial charge in [0.05, 0.1) is 5.56 Å². The van der Waals surface area contributed by atoms with E-state index in [4.69, 9.17) is 5.11 Å². The average Bonchev–Trinajstić information content (AvgIpc) is 2.05. The van der Waals surface area contributed by atoms with Crippen LogP contribution in [0.15, 0.2) is 24.3 Å². The first-order chi connectivity index (χ1) is 5.24. The molecule has 0 heterocycles. The van der Waals surface area contributed by atoms with Crippen LogP contribution in [0.25, 0.3) is 0 Å². The lowest BCUT2D eigenvalue weighted by Gasteiger charge is -1.97. The first kappa shape index (κ1) is 11.2. The third kappa shape index (κ3) is 2.69. The highest BCUT2D eigenvalue weighted by Gasteiger charge is 2.00. The predicted octanol–water partition coefficient (Wildman–Crippen LogP) is 1.57. The smallest absolute Gasteiger partial charge is 0.335 e. The lowest BCUT2D eigenvalue weighted by Crippen LogP contribution is -1.96. The minimum atomic E-state index is -0.861. The number of carboxylic acid groups (broad SMARTS) is 1. The Morgan fingerprint density at radius 2 is 2.17 bits per heavy atom. The van der Waals surface area contributed by atoms with Gasteiger partial charge in [-0.15, -0.1) is 0 Å². The standard InChI is InChI=1S/C9H10O2.Al/c1-2-7-4-3-5-8(6-7)9(10)11;/h3-6H,2H2,1H3,(H,10,11);. The van der Waals surface area contributed by atoms with Crippen molar-refractivity contribution < 1.29 is 9.90 Å². The molecule has 0 amide bonds. The van der Waals surface area contributed by atoms with Gasteiger partial charge in [-0.1, -0.05) is 19.1 Å². The third-order valence-electron chi connectivity index (χ3n) is 1.58. The fourth-order valence-electron chi connectivity index (χ4n) is 0.924. The van der Waals surface area contributed by atoms with Crippen molar-refractivity contribution in [3.63, 3.8) is 0 Å². The summed E-state index contributed by atoms with van der Waals surface area (Å²) in [5, 5.41) is 8.60. The van der Waals surface area contributed by atoms with E-state index in [9.17, 15) is 4.79 Å². The summed E-state index contributed by atoms with van der Waals surface area (Å²) in [6, 6.07) is 6.98. The molecule has 0 unspecified atom stereocenters. The number of rotatable bonds is 2. The van der Waals surface area contributed by atoms with Gasteiger partial charge in [-0.05, 0) is 24.1 Å². The van der Waals surface area contributed by atoms with E-state index in [-0.39, 0.29) is 17.4 Å². The molecule has 1 rings (SSSR count). The molecule has 0 spiro atoms. The lowest BCUT2D eigenvalue weighted by molar-refractivity contribution is 0.0697. The number of benzene rings is 1. The second-order valence-corrected chi connectivity index (χ2v) is 2.36. The van der Waals surface area contributed by atoms with Crippen molar-refractivity contribution in [2.75, 3.05) is 0 Å². The maximum atomic E-state index is 10.5. The van der Waals surface area contributed by atoms with Crippen molar-refractivity contribution in [1.29, 1.82) is 0 Å². The van der Waals surface area contributed by atoms with E-state index in [1.165, 1.54) is 0 Å². The van der Waals surface area contributed by atoms with Gasteiger partial charge < -0.3 is 5.11 Å². The van der Waals surface area contributed by atoms with Crippen LogP contribution < -0.4 is 0 Å². The minimum absolute atomic E-state index is 0. The van der Waals surface area contributed by atoms with E-state index in [2.05, 4.69) is 0 Å². The van der Waals surface area contributed by atoms with Crippen LogP contribution in [-0.2, 0) is 6.42 Å². The fourth-order valence-corrected chi connectivity index (χ4v) is 0.924. The van der Waals surface area contributed by atoms with Gasteiger partial charge in [0.25, 0.3) is 0 Å². The molecular formula is C9H10AlO2. The first-order valence-electron chi connectivity index (χ1n) is 3.56. The molecule has 1 N–H and O–H groups in total. The van der Waals surface area contributed by atoms with Crippen LogP contribution in [0, 0.1) is 0 Å². The van der Waals surface area contributed by atoms with E-state index in [0.717, 1.165) is 12.0 Å². The number of aryl methyl sites for hydroxylation is 1. The van der Waals surface area contributed by atoms with E-state index < -0.39 is 5.97 Å². The van der Waals surface area contributed by atoms with Crippen LogP contribution in [0.3, 0.4) is 0 Å². The summed E-state index contributed by atoms with van der Waals surface area (Å²) in [5.41, 5.74) is 1.43. The molecule has 0 fully saturated rings. The Balaban J connectivity index is 0.00000121. The van der Waals surface area contributed by atoms with E-state index in [0.29, 0.717) is 5.56 Å². The summed E-state index contributed by atoms with van der Waals surface area (Å²) in [6.45, 7) is 2.00. The highest BCUT2D eigenvalue weighted by molar-refractivity contribution is 5.87. The Hall–Kier alpha value is -0.778. The van der Waals surface area contributed by atoms with Crippen LogP contribution in [0.5, 0.6) is 0 Å². The van der Waals surface area contributed by atoms with E-state index in [1.807, 2.05) is 13.0 Å². The maximum Gasteiger partial charge on any atom is 0.335 e. The normalized spacial score (nSPS) is 8.75. The van der Waals surface area contributed by atoms with Crippen molar-refractivity contribution in [1.82, 2.24) is 0 Å². The molecule has 0 aliphatic heterocycles. The molecule has 3 heteroatoms. The molecule has 0 aliphatic rings. The van der Waals surface area contributed by atoms with Gasteiger partial charge in [0, 0.05) is 17.4 Å². The lowest BCUT2D eigenvalue weighted by atomic mass is 10.1. The van der Waals surface area contributed by atoms with Crippen LogP contribution >= 0.6 is 0 Å². The number of carboxylic acids is 1. The second kappa shape index (κ2) is 4.97. The summed E-state index contributed by atoms with van der Waals surface area (Å²) >= 11 is 0. The van der Waals surface area contributed by atoms with Gasteiger partial charge in [0.15, 0.2) is 0 Å². The van der Waals surface area contributed by atoms with Crippen LogP contribution in [-0.4, -0.2) is 28.4 Å². The Labute approximate surface area is 82.4 Å². The fraction of sp³-hybridized carbons (Fsp3) is 0.222. The molecule has 1 aromatic carbocycles. The molecule has 0 aliphatic carbocycles. The largest absolute Gasteiger partial charge is 0.478 e. The molecule has 0 saturated heterocycles. The first-order valence-corrected chi connectivity index (χ1v) is 3.56. The summed E-state index contributed by atoms with van der Waals surface area (Å²) in [4.78, 5) is 10.5. The summed E-state index contributed by atoms with van der Waals surface area (Å²) in [5.74, 6) is -0.861. The summed E-state index contributed by atoms with van der Waals surface area (Å²) in [7, 11) is 0. The Morgan fingerprint density at radius 1 is 1.50 bits per heavy atom. The summed E-state index contributed by atoms with van der Waals surface area (Å²) in [6.07, 6.45) is 0.876. The zero-order chi connectivity index (χ0) is 8.27. The zero-order valence-electron chi connectivity index (χ0n) is 6.95. The molecule has 1 aromatic rings. The van der Waals surface area contributed by atoms with Gasteiger partial charge in [-0.2, -0.15) is 0 Å². The van der Waals surface area contributed by atoms with Crippen LogP contribution in [0.1, 0.15) is 22.8 Å². The molecule has 0 saturated carbocycles. The third-order valence-corrected chi connectivity index (χ3v) is 1.58. The maximum absolute atomic E-state index is 10.5. The zero-order valence-corrected chi connectivity index (χ0v) is 8.10. The van der Waals surface area contributed by atoms with Gasteiger partial charge in [0.1, 0.15) is 0 Å².